The molecule has 3 heterocycles. The molecule has 176 valence electrons. The predicted octanol–water partition coefficient (Wildman–Crippen LogP) is 5.03. The van der Waals surface area contributed by atoms with Crippen LogP contribution in [0.4, 0.5) is 17.2 Å². The second-order valence-corrected chi connectivity index (χ2v) is 9.65. The molecule has 0 N–H and O–H groups in total. The number of benzene rings is 1. The predicted molar refractivity (Wildman–Crippen MR) is 140 cm³/mol. The average molecular weight is 483 g/mol. The summed E-state index contributed by atoms with van der Waals surface area (Å²) in [5.74, 6) is 0.331. The fourth-order valence-electron chi connectivity index (χ4n) is 4.92. The van der Waals surface area contributed by atoms with E-state index in [0.717, 1.165) is 43.6 Å². The number of carbonyl (C=O) groups is 1. The minimum atomic E-state index is -0.636. The van der Waals surface area contributed by atoms with E-state index in [1.54, 1.807) is 11.1 Å². The third-order valence-electron chi connectivity index (χ3n) is 6.84. The average Bonchev–Trinajstić information content (AvgIpc) is 3.07. The molecule has 0 atom stereocenters. The molecule has 1 aliphatic heterocycles. The first-order chi connectivity index (χ1) is 16.9. The number of rotatable bonds is 6. The first kappa shape index (κ1) is 23.1. The van der Waals surface area contributed by atoms with Crippen LogP contribution in [-0.2, 0) is 17.9 Å². The van der Waals surface area contributed by atoms with Crippen LogP contribution in [0.5, 0.6) is 0 Å². The molecule has 0 unspecified atom stereocenters. The van der Waals surface area contributed by atoms with E-state index in [-0.39, 0.29) is 5.91 Å². The summed E-state index contributed by atoms with van der Waals surface area (Å²) in [6, 6.07) is 14.2. The Bertz CT molecular complexity index is 1310. The van der Waals surface area contributed by atoms with Crippen molar-refractivity contribution in [1.29, 1.82) is 0 Å². The number of thiocarbonyl (C=S) groups is 1. The summed E-state index contributed by atoms with van der Waals surface area (Å²) >= 11 is 5.86. The molecule has 2 aromatic heterocycles. The van der Waals surface area contributed by atoms with E-state index in [2.05, 4.69) is 51.0 Å². The number of hydrogen-bond acceptors (Lipinski definition) is 5. The molecule has 5 rings (SSSR count). The quantitative estimate of drug-likeness (QED) is 0.363. The summed E-state index contributed by atoms with van der Waals surface area (Å²) < 4.78 is 0. The smallest absolute Gasteiger partial charge is 0.272 e. The highest BCUT2D eigenvalue weighted by atomic mass is 32.1. The number of nitrogens with zero attached hydrogens (tertiary/aromatic N) is 6. The summed E-state index contributed by atoms with van der Waals surface area (Å²) in [5, 5.41) is 0.467. The Morgan fingerprint density at radius 1 is 1.09 bits per heavy atom. The van der Waals surface area contributed by atoms with E-state index in [4.69, 9.17) is 18.8 Å². The number of pyridine rings is 2. The van der Waals surface area contributed by atoms with E-state index in [0.29, 0.717) is 16.6 Å². The third-order valence-corrected chi connectivity index (χ3v) is 7.21. The zero-order valence-electron chi connectivity index (χ0n) is 19.8. The van der Waals surface area contributed by atoms with Crippen molar-refractivity contribution in [2.75, 3.05) is 16.8 Å². The molecule has 0 bridgehead atoms. The summed E-state index contributed by atoms with van der Waals surface area (Å²) in [6.45, 7) is 10.7. The van der Waals surface area contributed by atoms with Gasteiger partial charge in [0.25, 0.3) is 11.7 Å². The van der Waals surface area contributed by atoms with Gasteiger partial charge in [0.05, 0.1) is 5.69 Å². The van der Waals surface area contributed by atoms with Gasteiger partial charge in [-0.2, -0.15) is 0 Å². The first-order valence-electron chi connectivity index (χ1n) is 11.6. The van der Waals surface area contributed by atoms with E-state index < -0.39 is 5.54 Å². The fourth-order valence-corrected chi connectivity index (χ4v) is 5.39. The topological polar surface area (TPSA) is 56.9 Å². The van der Waals surface area contributed by atoms with Gasteiger partial charge >= 0.3 is 0 Å². The molecule has 7 nitrogen and oxygen atoms in total. The Morgan fingerprint density at radius 3 is 2.31 bits per heavy atom. The maximum absolute atomic E-state index is 13.7. The van der Waals surface area contributed by atoms with Crippen molar-refractivity contribution in [3.63, 3.8) is 0 Å². The molecule has 2 aliphatic rings. The lowest BCUT2D eigenvalue weighted by Gasteiger charge is -2.43. The number of hydrogen-bond donors (Lipinski definition) is 0. The van der Waals surface area contributed by atoms with Crippen molar-refractivity contribution in [3.05, 3.63) is 89.2 Å². The number of amides is 1. The van der Waals surface area contributed by atoms with Crippen molar-refractivity contribution in [2.24, 2.45) is 0 Å². The van der Waals surface area contributed by atoms with Gasteiger partial charge in [0.2, 0.25) is 0 Å². The van der Waals surface area contributed by atoms with E-state index in [1.165, 1.54) is 11.1 Å². The fraction of sp³-hybridized carbons (Fsp3) is 0.296. The van der Waals surface area contributed by atoms with Crippen LogP contribution in [0.1, 0.15) is 36.0 Å². The minimum Gasteiger partial charge on any atom is -0.360 e. The molecule has 2 fully saturated rings. The zero-order valence-corrected chi connectivity index (χ0v) is 20.6. The number of carbonyl (C=O) groups excluding carboxylic acids is 1. The summed E-state index contributed by atoms with van der Waals surface area (Å²) in [6.07, 6.45) is 7.73. The molecule has 1 aromatic carbocycles. The normalized spacial score (nSPS) is 16.6. The summed E-state index contributed by atoms with van der Waals surface area (Å²) in [5.41, 5.74) is 4.05. The molecule has 8 heteroatoms. The maximum atomic E-state index is 13.7. The number of anilines is 2. The van der Waals surface area contributed by atoms with Crippen LogP contribution in [0, 0.1) is 13.5 Å². The van der Waals surface area contributed by atoms with Gasteiger partial charge < -0.3 is 9.74 Å². The minimum absolute atomic E-state index is 0.00771. The highest BCUT2D eigenvalue weighted by Crippen LogP contribution is 2.47. The second kappa shape index (κ2) is 9.17. The van der Waals surface area contributed by atoms with Crippen LogP contribution < -0.4 is 9.80 Å². The van der Waals surface area contributed by atoms with Crippen molar-refractivity contribution in [1.82, 2.24) is 14.9 Å². The van der Waals surface area contributed by atoms with Crippen molar-refractivity contribution in [2.45, 2.75) is 44.8 Å². The lowest BCUT2D eigenvalue weighted by molar-refractivity contribution is -0.123. The highest BCUT2D eigenvalue weighted by molar-refractivity contribution is 7.81. The Hall–Kier alpha value is -3.67. The van der Waals surface area contributed by atoms with Gasteiger partial charge in [0.1, 0.15) is 11.7 Å². The molecule has 1 saturated carbocycles. The standard InChI is InChI=1S/C27H26N6OS/c1-19-15-23(16-30-24(19)28-2)32-25(34)27(11-4-12-27)33(26(32)35)22-7-5-20(6-8-22)17-31(3)18-21-9-13-29-14-10-21/h5-10,13-16H,4,11-12,17-18H2,1,3H3. The maximum Gasteiger partial charge on any atom is 0.272 e. The second-order valence-electron chi connectivity index (χ2n) is 9.28. The highest BCUT2D eigenvalue weighted by Gasteiger charge is 2.59. The van der Waals surface area contributed by atoms with Crippen LogP contribution in [0.15, 0.2) is 61.1 Å². The largest absolute Gasteiger partial charge is 0.360 e. The van der Waals surface area contributed by atoms with Gasteiger partial charge in [-0.1, -0.05) is 18.7 Å². The van der Waals surface area contributed by atoms with Crippen LogP contribution in [0.25, 0.3) is 4.85 Å². The van der Waals surface area contributed by atoms with Gasteiger partial charge in [-0.25, -0.2) is 0 Å². The lowest BCUT2D eigenvalue weighted by Crippen LogP contribution is -2.55. The number of aromatic nitrogens is 2. The van der Waals surface area contributed by atoms with E-state index in [9.17, 15) is 4.79 Å². The molecule has 1 amide bonds. The molecule has 35 heavy (non-hydrogen) atoms. The monoisotopic (exact) mass is 482 g/mol. The Balaban J connectivity index is 1.38. The molecular weight excluding hydrogens is 456 g/mol. The Kier molecular flexibility index (Phi) is 6.05. The van der Waals surface area contributed by atoms with Crippen molar-refractivity contribution < 1.29 is 4.79 Å². The molecule has 0 radical (unpaired) electrons. The molecule has 3 aromatic rings. The van der Waals surface area contributed by atoms with Crippen molar-refractivity contribution >= 4 is 40.4 Å². The number of aryl methyl sites for hydroxylation is 1. The molecular formula is C27H26N6OS. The molecule has 1 aliphatic carbocycles. The Morgan fingerprint density at radius 2 is 1.74 bits per heavy atom. The van der Waals surface area contributed by atoms with Crippen LogP contribution in [-0.4, -0.2) is 38.5 Å². The Labute approximate surface area is 210 Å². The van der Waals surface area contributed by atoms with Gasteiger partial charge in [-0.15, -0.1) is 4.98 Å². The summed E-state index contributed by atoms with van der Waals surface area (Å²) in [7, 11) is 2.10. The van der Waals surface area contributed by atoms with E-state index in [1.807, 2.05) is 42.4 Å². The van der Waals surface area contributed by atoms with Crippen LogP contribution >= 0.6 is 12.2 Å². The van der Waals surface area contributed by atoms with E-state index >= 15 is 0 Å². The van der Waals surface area contributed by atoms with Gasteiger partial charge in [-0.3, -0.25) is 19.6 Å². The van der Waals surface area contributed by atoms with Gasteiger partial charge in [0, 0.05) is 31.2 Å². The van der Waals surface area contributed by atoms with Gasteiger partial charge in [0.15, 0.2) is 5.11 Å². The summed E-state index contributed by atoms with van der Waals surface area (Å²) in [4.78, 5) is 31.3. The first-order valence-corrected chi connectivity index (χ1v) is 12.0. The molecule has 1 saturated heterocycles. The molecule has 1 spiro atoms. The van der Waals surface area contributed by atoms with Crippen molar-refractivity contribution in [3.8, 4) is 0 Å². The van der Waals surface area contributed by atoms with Crippen LogP contribution in [0.2, 0.25) is 0 Å². The zero-order chi connectivity index (χ0) is 24.6. The van der Waals surface area contributed by atoms with Crippen LogP contribution in [0.3, 0.4) is 0 Å². The third kappa shape index (κ3) is 4.07. The lowest BCUT2D eigenvalue weighted by atomic mass is 9.75. The van der Waals surface area contributed by atoms with Gasteiger partial charge in [-0.05, 0) is 92.5 Å². The SMILES string of the molecule is [C-]#[N+]c1ncc(N2C(=O)C3(CCC3)N(c3ccc(CN(C)Cc4ccncc4)cc3)C2=S)cc1C.